The van der Waals surface area contributed by atoms with E-state index >= 15 is 0 Å². The third-order valence-electron chi connectivity index (χ3n) is 1.11. The van der Waals surface area contributed by atoms with Gasteiger partial charge in [-0.3, -0.25) is 4.98 Å². The molecular weight excluding hydrogens is 140 g/mol. The lowest BCUT2D eigenvalue weighted by molar-refractivity contribution is 1.32. The van der Waals surface area contributed by atoms with Crippen LogP contribution in [0.1, 0.15) is 0 Å². The summed E-state index contributed by atoms with van der Waals surface area (Å²) in [5.41, 5.74) is 12.0. The molecule has 0 unspecified atom stereocenters. The van der Waals surface area contributed by atoms with E-state index in [4.69, 9.17) is 11.5 Å². The van der Waals surface area contributed by atoms with Crippen LogP contribution in [0, 0.1) is 0 Å². The van der Waals surface area contributed by atoms with Crippen LogP contribution in [0.3, 0.4) is 0 Å². The van der Waals surface area contributed by atoms with E-state index in [1.807, 2.05) is 0 Å². The maximum Gasteiger partial charge on any atom is 0.0587 e. The SMILES string of the molecule is NC=CNc1cncc(N)c1. The topological polar surface area (TPSA) is 77.0 Å². The third-order valence-corrected chi connectivity index (χ3v) is 1.11. The standard InChI is InChI=1S/C7H10N4/c8-1-2-11-7-3-6(9)4-10-5-7/h1-5,11H,8-9H2. The largest absolute Gasteiger partial charge is 0.403 e. The highest BCUT2D eigenvalue weighted by Gasteiger charge is 1.88. The monoisotopic (exact) mass is 150 g/mol. The molecule has 1 aromatic rings. The van der Waals surface area contributed by atoms with Crippen molar-refractivity contribution in [2.75, 3.05) is 11.1 Å². The number of anilines is 2. The van der Waals surface area contributed by atoms with Crippen molar-refractivity contribution in [3.63, 3.8) is 0 Å². The summed E-state index contributed by atoms with van der Waals surface area (Å²) in [6, 6.07) is 1.77. The predicted molar refractivity (Wildman–Crippen MR) is 45.6 cm³/mol. The van der Waals surface area contributed by atoms with Gasteiger partial charge in [-0.1, -0.05) is 0 Å². The van der Waals surface area contributed by atoms with Crippen molar-refractivity contribution in [3.05, 3.63) is 30.9 Å². The Morgan fingerprint density at radius 1 is 1.45 bits per heavy atom. The number of hydrogen-bond acceptors (Lipinski definition) is 4. The van der Waals surface area contributed by atoms with Crippen LogP contribution in [0.15, 0.2) is 30.9 Å². The van der Waals surface area contributed by atoms with Gasteiger partial charge in [0.1, 0.15) is 0 Å². The van der Waals surface area contributed by atoms with E-state index in [9.17, 15) is 0 Å². The highest BCUT2D eigenvalue weighted by molar-refractivity contribution is 5.52. The van der Waals surface area contributed by atoms with Crippen LogP contribution in [0.4, 0.5) is 11.4 Å². The first-order valence-electron chi connectivity index (χ1n) is 3.17. The van der Waals surface area contributed by atoms with Crippen molar-refractivity contribution in [1.82, 2.24) is 4.98 Å². The summed E-state index contributed by atoms with van der Waals surface area (Å²) >= 11 is 0. The second kappa shape index (κ2) is 3.46. The van der Waals surface area contributed by atoms with Gasteiger partial charge in [-0.2, -0.15) is 0 Å². The first kappa shape index (κ1) is 7.40. The minimum absolute atomic E-state index is 0.625. The fourth-order valence-corrected chi connectivity index (χ4v) is 0.681. The number of rotatable bonds is 2. The zero-order valence-corrected chi connectivity index (χ0v) is 5.99. The third kappa shape index (κ3) is 2.17. The number of nitrogen functional groups attached to an aromatic ring is 1. The van der Waals surface area contributed by atoms with Gasteiger partial charge in [-0.25, -0.2) is 0 Å². The minimum atomic E-state index is 0.625. The van der Waals surface area contributed by atoms with E-state index in [0.717, 1.165) is 5.69 Å². The van der Waals surface area contributed by atoms with E-state index in [-0.39, 0.29) is 0 Å². The van der Waals surface area contributed by atoms with E-state index in [2.05, 4.69) is 10.3 Å². The van der Waals surface area contributed by atoms with Gasteiger partial charge in [-0.15, -0.1) is 0 Å². The second-order valence-electron chi connectivity index (χ2n) is 2.01. The summed E-state index contributed by atoms with van der Waals surface area (Å²) in [5.74, 6) is 0. The molecule has 4 heteroatoms. The summed E-state index contributed by atoms with van der Waals surface area (Å²) in [4.78, 5) is 3.87. The van der Waals surface area contributed by atoms with Crippen LogP contribution in [-0.2, 0) is 0 Å². The molecule has 0 spiro atoms. The first-order valence-corrected chi connectivity index (χ1v) is 3.17. The van der Waals surface area contributed by atoms with E-state index in [1.54, 1.807) is 24.7 Å². The summed E-state index contributed by atoms with van der Waals surface area (Å²) in [6.45, 7) is 0. The molecule has 0 aliphatic rings. The molecular formula is C7H10N4. The van der Waals surface area contributed by atoms with Crippen molar-refractivity contribution < 1.29 is 0 Å². The number of nitrogens with zero attached hydrogens (tertiary/aromatic N) is 1. The van der Waals surface area contributed by atoms with E-state index < -0.39 is 0 Å². The number of aromatic nitrogens is 1. The van der Waals surface area contributed by atoms with E-state index in [0.29, 0.717) is 5.69 Å². The molecule has 0 aliphatic heterocycles. The summed E-state index contributed by atoms with van der Waals surface area (Å²) in [7, 11) is 0. The molecule has 0 atom stereocenters. The smallest absolute Gasteiger partial charge is 0.0587 e. The zero-order valence-electron chi connectivity index (χ0n) is 5.99. The van der Waals surface area contributed by atoms with E-state index in [1.165, 1.54) is 6.20 Å². The molecule has 0 amide bonds. The van der Waals surface area contributed by atoms with Gasteiger partial charge < -0.3 is 16.8 Å². The predicted octanol–water partition coefficient (Wildman–Crippen LogP) is 0.506. The van der Waals surface area contributed by atoms with Crippen LogP contribution in [0.5, 0.6) is 0 Å². The van der Waals surface area contributed by atoms with Crippen LogP contribution >= 0.6 is 0 Å². The van der Waals surface area contributed by atoms with Gasteiger partial charge in [-0.05, 0) is 6.07 Å². The summed E-state index contributed by atoms with van der Waals surface area (Å²) < 4.78 is 0. The fraction of sp³-hybridized carbons (Fsp3) is 0. The van der Waals surface area contributed by atoms with Crippen molar-refractivity contribution in [1.29, 1.82) is 0 Å². The Kier molecular flexibility index (Phi) is 2.32. The van der Waals surface area contributed by atoms with Gasteiger partial charge >= 0.3 is 0 Å². The summed E-state index contributed by atoms with van der Waals surface area (Å²) in [5, 5.41) is 2.89. The van der Waals surface area contributed by atoms with Gasteiger partial charge in [0.15, 0.2) is 0 Å². The molecule has 0 fully saturated rings. The lowest BCUT2D eigenvalue weighted by Crippen LogP contribution is -1.92. The Morgan fingerprint density at radius 3 is 2.91 bits per heavy atom. The van der Waals surface area contributed by atoms with Gasteiger partial charge in [0, 0.05) is 18.6 Å². The van der Waals surface area contributed by atoms with Crippen molar-refractivity contribution in [3.8, 4) is 0 Å². The highest BCUT2D eigenvalue weighted by atomic mass is 14.9. The molecule has 0 radical (unpaired) electrons. The molecule has 1 aromatic heterocycles. The average molecular weight is 150 g/mol. The number of hydrogen-bond donors (Lipinski definition) is 3. The summed E-state index contributed by atoms with van der Waals surface area (Å²) in [6.07, 6.45) is 6.26. The average Bonchev–Trinajstić information content (AvgIpc) is 2.01. The van der Waals surface area contributed by atoms with Gasteiger partial charge in [0.25, 0.3) is 0 Å². The molecule has 1 rings (SSSR count). The molecule has 5 N–H and O–H groups in total. The lowest BCUT2D eigenvalue weighted by atomic mass is 10.4. The Balaban J connectivity index is 2.71. The Morgan fingerprint density at radius 2 is 2.27 bits per heavy atom. The van der Waals surface area contributed by atoms with Crippen LogP contribution in [0.2, 0.25) is 0 Å². The van der Waals surface area contributed by atoms with Gasteiger partial charge in [0.2, 0.25) is 0 Å². The maximum absolute atomic E-state index is 5.47. The Hall–Kier alpha value is -1.71. The maximum atomic E-state index is 5.47. The normalized spacial score (nSPS) is 10.2. The fourth-order valence-electron chi connectivity index (χ4n) is 0.681. The molecule has 4 nitrogen and oxygen atoms in total. The molecule has 0 saturated carbocycles. The second-order valence-corrected chi connectivity index (χ2v) is 2.01. The zero-order chi connectivity index (χ0) is 8.10. The number of pyridine rings is 1. The molecule has 0 aromatic carbocycles. The van der Waals surface area contributed by atoms with Crippen LogP contribution in [-0.4, -0.2) is 4.98 Å². The number of nitrogens with two attached hydrogens (primary N) is 2. The Labute approximate surface area is 64.9 Å². The quantitative estimate of drug-likeness (QED) is 0.574. The van der Waals surface area contributed by atoms with Crippen molar-refractivity contribution in [2.24, 2.45) is 5.73 Å². The highest BCUT2D eigenvalue weighted by Crippen LogP contribution is 2.08. The first-order chi connectivity index (χ1) is 5.33. The molecule has 0 bridgehead atoms. The molecule has 11 heavy (non-hydrogen) atoms. The van der Waals surface area contributed by atoms with Crippen LogP contribution < -0.4 is 16.8 Å². The lowest BCUT2D eigenvalue weighted by Gasteiger charge is -1.99. The minimum Gasteiger partial charge on any atom is -0.403 e. The molecule has 0 aliphatic carbocycles. The molecule has 58 valence electrons. The number of nitrogens with one attached hydrogen (secondary N) is 1. The Bertz CT molecular complexity index is 256. The van der Waals surface area contributed by atoms with Crippen molar-refractivity contribution in [2.45, 2.75) is 0 Å². The van der Waals surface area contributed by atoms with Gasteiger partial charge in [0.05, 0.1) is 17.6 Å². The molecule has 0 saturated heterocycles. The molecule has 1 heterocycles. The van der Waals surface area contributed by atoms with Crippen molar-refractivity contribution >= 4 is 11.4 Å². The van der Waals surface area contributed by atoms with Crippen LogP contribution in [0.25, 0.3) is 0 Å².